The first kappa shape index (κ1) is 15.5. The zero-order chi connectivity index (χ0) is 15.4. The van der Waals surface area contributed by atoms with Crippen molar-refractivity contribution in [2.45, 2.75) is 0 Å². The van der Waals surface area contributed by atoms with E-state index in [-0.39, 0.29) is 5.69 Å². The van der Waals surface area contributed by atoms with Gasteiger partial charge in [-0.25, -0.2) is 8.78 Å². The summed E-state index contributed by atoms with van der Waals surface area (Å²) in [5, 5.41) is 3.07. The number of nitrogens with one attached hydrogen (secondary N) is 1. The number of hydrogen-bond acceptors (Lipinski definition) is 1. The van der Waals surface area contributed by atoms with Gasteiger partial charge in [0.25, 0.3) is 0 Å². The number of carbonyl (C=O) groups excluding carboxylic acids is 1. The van der Waals surface area contributed by atoms with Crippen molar-refractivity contribution < 1.29 is 13.6 Å². The van der Waals surface area contributed by atoms with Crippen LogP contribution in [0.15, 0.2) is 42.5 Å². The highest BCUT2D eigenvalue weighted by Crippen LogP contribution is 2.25. The lowest BCUT2D eigenvalue weighted by Gasteiger charge is -2.04. The summed E-state index contributed by atoms with van der Waals surface area (Å²) < 4.78 is 26.1. The van der Waals surface area contributed by atoms with E-state index in [0.717, 1.165) is 18.2 Å². The molecule has 2 nitrogen and oxygen atoms in total. The van der Waals surface area contributed by atoms with Crippen LogP contribution >= 0.6 is 23.2 Å². The first-order valence-electron chi connectivity index (χ1n) is 5.85. The van der Waals surface area contributed by atoms with Gasteiger partial charge in [0.15, 0.2) is 0 Å². The Hall–Kier alpha value is -1.91. The number of carbonyl (C=O) groups is 1. The summed E-state index contributed by atoms with van der Waals surface area (Å²) in [6, 6.07) is 7.81. The second-order valence-corrected chi connectivity index (χ2v) is 4.90. The lowest BCUT2D eigenvalue weighted by Crippen LogP contribution is -2.09. The van der Waals surface area contributed by atoms with Crippen molar-refractivity contribution in [1.82, 2.24) is 0 Å². The van der Waals surface area contributed by atoms with Crippen molar-refractivity contribution in [2.24, 2.45) is 0 Å². The van der Waals surface area contributed by atoms with E-state index >= 15 is 0 Å². The minimum absolute atomic E-state index is 0.115. The van der Waals surface area contributed by atoms with Crippen molar-refractivity contribution in [1.29, 1.82) is 0 Å². The van der Waals surface area contributed by atoms with Crippen LogP contribution in [0.25, 0.3) is 6.08 Å². The number of amides is 1. The van der Waals surface area contributed by atoms with Crippen molar-refractivity contribution in [2.75, 3.05) is 5.32 Å². The van der Waals surface area contributed by atoms with E-state index in [0.29, 0.717) is 21.7 Å². The molecule has 0 atom stereocenters. The fraction of sp³-hybridized carbons (Fsp3) is 0. The summed E-state index contributed by atoms with van der Waals surface area (Å²) >= 11 is 11.9. The lowest BCUT2D eigenvalue weighted by atomic mass is 10.2. The van der Waals surface area contributed by atoms with Crippen LogP contribution in [0, 0.1) is 11.6 Å². The van der Waals surface area contributed by atoms with Crippen LogP contribution in [0.2, 0.25) is 10.0 Å². The minimum Gasteiger partial charge on any atom is -0.320 e. The SMILES string of the molecule is O=C(C=Cc1c(Cl)cccc1Cl)Nc1ccc(F)cc1F. The van der Waals surface area contributed by atoms with E-state index in [4.69, 9.17) is 23.2 Å². The predicted octanol–water partition coefficient (Wildman–Crippen LogP) is 4.92. The number of halogens is 4. The first-order chi connectivity index (χ1) is 9.97. The fourth-order valence-corrected chi connectivity index (χ4v) is 2.12. The molecule has 0 bridgehead atoms. The van der Waals surface area contributed by atoms with E-state index in [9.17, 15) is 13.6 Å². The van der Waals surface area contributed by atoms with Gasteiger partial charge in [0.05, 0.1) is 5.69 Å². The molecule has 2 rings (SSSR count). The monoisotopic (exact) mass is 327 g/mol. The Balaban J connectivity index is 2.13. The van der Waals surface area contributed by atoms with Gasteiger partial charge in [0, 0.05) is 27.8 Å². The van der Waals surface area contributed by atoms with Crippen LogP contribution in [0.3, 0.4) is 0 Å². The quantitative estimate of drug-likeness (QED) is 0.796. The molecule has 0 saturated heterocycles. The third kappa shape index (κ3) is 4.03. The molecule has 0 aliphatic heterocycles. The number of hydrogen-bond donors (Lipinski definition) is 1. The molecule has 0 saturated carbocycles. The van der Waals surface area contributed by atoms with Gasteiger partial charge in [-0.15, -0.1) is 0 Å². The third-order valence-corrected chi connectivity index (χ3v) is 3.25. The molecule has 0 aliphatic rings. The van der Waals surface area contributed by atoms with Crippen LogP contribution < -0.4 is 5.32 Å². The molecule has 6 heteroatoms. The molecule has 0 aromatic heterocycles. The van der Waals surface area contributed by atoms with Gasteiger partial charge < -0.3 is 5.32 Å². The minimum atomic E-state index is -0.854. The Bertz CT molecular complexity index is 697. The van der Waals surface area contributed by atoms with Crippen molar-refractivity contribution >= 4 is 40.9 Å². The van der Waals surface area contributed by atoms with Crippen molar-refractivity contribution in [3.8, 4) is 0 Å². The Labute approximate surface area is 130 Å². The summed E-state index contributed by atoms with van der Waals surface area (Å²) in [4.78, 5) is 11.7. The van der Waals surface area contributed by atoms with Gasteiger partial charge in [-0.1, -0.05) is 29.3 Å². The average molecular weight is 328 g/mol. The second kappa shape index (κ2) is 6.70. The van der Waals surface area contributed by atoms with E-state index in [1.165, 1.54) is 6.08 Å². The van der Waals surface area contributed by atoms with Crippen molar-refractivity contribution in [3.05, 3.63) is 69.7 Å². The maximum Gasteiger partial charge on any atom is 0.248 e. The Morgan fingerprint density at radius 1 is 1.10 bits per heavy atom. The zero-order valence-electron chi connectivity index (χ0n) is 10.5. The van der Waals surface area contributed by atoms with Gasteiger partial charge in [-0.2, -0.15) is 0 Å². The van der Waals surface area contributed by atoms with Gasteiger partial charge in [-0.05, 0) is 30.3 Å². The molecule has 1 amide bonds. The van der Waals surface area contributed by atoms with Crippen LogP contribution in [0.1, 0.15) is 5.56 Å². The Kier molecular flexibility index (Phi) is 4.94. The maximum absolute atomic E-state index is 13.4. The van der Waals surface area contributed by atoms with E-state index in [1.807, 2.05) is 0 Å². The maximum atomic E-state index is 13.4. The molecule has 21 heavy (non-hydrogen) atoms. The molecule has 0 fully saturated rings. The standard InChI is InChI=1S/C15H9Cl2F2NO/c16-11-2-1-3-12(17)10(11)5-7-15(21)20-14-6-4-9(18)8-13(14)19/h1-8H,(H,20,21). The summed E-state index contributed by atoms with van der Waals surface area (Å²) in [7, 11) is 0. The smallest absolute Gasteiger partial charge is 0.248 e. The van der Waals surface area contributed by atoms with Crippen molar-refractivity contribution in [3.63, 3.8) is 0 Å². The number of benzene rings is 2. The molecule has 2 aromatic carbocycles. The molecule has 0 spiro atoms. The highest BCUT2D eigenvalue weighted by atomic mass is 35.5. The third-order valence-electron chi connectivity index (χ3n) is 2.59. The number of anilines is 1. The fourth-order valence-electron chi connectivity index (χ4n) is 1.59. The van der Waals surface area contributed by atoms with Crippen LogP contribution in [0.4, 0.5) is 14.5 Å². The molecule has 0 heterocycles. The largest absolute Gasteiger partial charge is 0.320 e. The van der Waals surface area contributed by atoms with Gasteiger partial charge >= 0.3 is 0 Å². The molecule has 1 N–H and O–H groups in total. The molecule has 108 valence electrons. The number of rotatable bonds is 3. The van der Waals surface area contributed by atoms with E-state index in [2.05, 4.69) is 5.32 Å². The van der Waals surface area contributed by atoms with E-state index < -0.39 is 17.5 Å². The normalized spacial score (nSPS) is 10.9. The average Bonchev–Trinajstić information content (AvgIpc) is 2.41. The van der Waals surface area contributed by atoms with E-state index in [1.54, 1.807) is 18.2 Å². The van der Waals surface area contributed by atoms with Crippen LogP contribution in [-0.2, 0) is 4.79 Å². The second-order valence-electron chi connectivity index (χ2n) is 4.08. The molecular formula is C15H9Cl2F2NO. The first-order valence-corrected chi connectivity index (χ1v) is 6.61. The Morgan fingerprint density at radius 2 is 1.76 bits per heavy atom. The molecule has 0 unspecified atom stereocenters. The van der Waals surface area contributed by atoms with Gasteiger partial charge in [-0.3, -0.25) is 4.79 Å². The Morgan fingerprint density at radius 3 is 2.38 bits per heavy atom. The summed E-state index contributed by atoms with van der Waals surface area (Å²) in [5.41, 5.74) is 0.367. The van der Waals surface area contributed by atoms with Crippen LogP contribution in [-0.4, -0.2) is 5.91 Å². The molecule has 2 aromatic rings. The molecular weight excluding hydrogens is 319 g/mol. The topological polar surface area (TPSA) is 29.1 Å². The summed E-state index contributed by atoms with van der Waals surface area (Å²) in [6.07, 6.45) is 2.58. The van der Waals surface area contributed by atoms with Gasteiger partial charge in [0.1, 0.15) is 11.6 Å². The molecule has 0 radical (unpaired) electrons. The summed E-state index contributed by atoms with van der Waals surface area (Å²) in [5.74, 6) is -2.16. The van der Waals surface area contributed by atoms with Gasteiger partial charge in [0.2, 0.25) is 5.91 Å². The lowest BCUT2D eigenvalue weighted by molar-refractivity contribution is -0.111. The molecule has 0 aliphatic carbocycles. The highest BCUT2D eigenvalue weighted by molar-refractivity contribution is 6.37. The zero-order valence-corrected chi connectivity index (χ0v) is 12.1. The summed E-state index contributed by atoms with van der Waals surface area (Å²) in [6.45, 7) is 0. The van der Waals surface area contributed by atoms with Crippen LogP contribution in [0.5, 0.6) is 0 Å². The predicted molar refractivity (Wildman–Crippen MR) is 80.5 cm³/mol. The highest BCUT2D eigenvalue weighted by Gasteiger charge is 2.07.